The molecule has 2 heterocycles. The molecule has 0 spiro atoms. The molecule has 0 saturated carbocycles. The first kappa shape index (κ1) is 17.3. The molecule has 0 fully saturated rings. The Morgan fingerprint density at radius 1 is 1.04 bits per heavy atom. The Morgan fingerprint density at radius 3 is 2.54 bits per heavy atom. The van der Waals surface area contributed by atoms with Gasteiger partial charge in [0.25, 0.3) is 0 Å². The van der Waals surface area contributed by atoms with Crippen LogP contribution in [0.3, 0.4) is 0 Å². The third kappa shape index (κ3) is 3.56. The minimum absolute atomic E-state index is 0.854. The van der Waals surface area contributed by atoms with Gasteiger partial charge in [0, 0.05) is 35.1 Å². The summed E-state index contributed by atoms with van der Waals surface area (Å²) in [4.78, 5) is 9.58. The third-order valence-electron chi connectivity index (χ3n) is 4.44. The number of hydrogen-bond donors (Lipinski definition) is 0. The topological polar surface area (TPSA) is 20.5 Å². The standard InChI is InChI=1S/C21H21N3S2/c1-23(14-16-8-10-18(25-2)11-9-16)15-19-20(17-6-4-3-5-7-17)22-21-24(19)12-13-26-21/h3-13H,14-15H2,1-2H3. The second kappa shape index (κ2) is 7.66. The van der Waals surface area contributed by atoms with E-state index in [1.807, 2.05) is 6.07 Å². The van der Waals surface area contributed by atoms with Gasteiger partial charge in [-0.1, -0.05) is 42.5 Å². The molecule has 4 aromatic rings. The Balaban J connectivity index is 1.60. The van der Waals surface area contributed by atoms with Crippen molar-refractivity contribution in [2.45, 2.75) is 18.0 Å². The molecule has 0 radical (unpaired) electrons. The molecule has 0 bridgehead atoms. The fraction of sp³-hybridized carbons (Fsp3) is 0.190. The van der Waals surface area contributed by atoms with Crippen LogP contribution in [0.2, 0.25) is 0 Å². The van der Waals surface area contributed by atoms with Gasteiger partial charge in [-0.3, -0.25) is 9.30 Å². The first-order valence-corrected chi connectivity index (χ1v) is 10.7. The van der Waals surface area contributed by atoms with Gasteiger partial charge in [0.2, 0.25) is 0 Å². The van der Waals surface area contributed by atoms with E-state index in [9.17, 15) is 0 Å². The molecule has 2 aromatic heterocycles. The van der Waals surface area contributed by atoms with Crippen molar-refractivity contribution in [1.29, 1.82) is 0 Å². The minimum atomic E-state index is 0.854. The first-order valence-electron chi connectivity index (χ1n) is 8.56. The van der Waals surface area contributed by atoms with Gasteiger partial charge in [-0.05, 0) is 31.0 Å². The average Bonchev–Trinajstić information content (AvgIpc) is 3.26. The number of benzene rings is 2. The summed E-state index contributed by atoms with van der Waals surface area (Å²) >= 11 is 3.46. The van der Waals surface area contributed by atoms with Gasteiger partial charge >= 0.3 is 0 Å². The van der Waals surface area contributed by atoms with E-state index in [-0.39, 0.29) is 0 Å². The maximum absolute atomic E-state index is 4.88. The van der Waals surface area contributed by atoms with Gasteiger partial charge in [-0.15, -0.1) is 23.1 Å². The normalized spacial score (nSPS) is 11.5. The predicted molar refractivity (Wildman–Crippen MR) is 112 cm³/mol. The number of rotatable bonds is 6. The highest BCUT2D eigenvalue weighted by Gasteiger charge is 2.16. The summed E-state index contributed by atoms with van der Waals surface area (Å²) < 4.78 is 2.22. The Hall–Kier alpha value is -2.08. The van der Waals surface area contributed by atoms with Crippen LogP contribution >= 0.6 is 23.1 Å². The van der Waals surface area contributed by atoms with Crippen molar-refractivity contribution >= 4 is 28.1 Å². The molecule has 5 heteroatoms. The number of fused-ring (bicyclic) bond motifs is 1. The van der Waals surface area contributed by atoms with Gasteiger partial charge in [-0.25, -0.2) is 4.98 Å². The Kier molecular flexibility index (Phi) is 5.11. The molecule has 0 N–H and O–H groups in total. The summed E-state index contributed by atoms with van der Waals surface area (Å²) in [5, 5.41) is 2.10. The lowest BCUT2D eigenvalue weighted by molar-refractivity contribution is 0.314. The van der Waals surface area contributed by atoms with E-state index in [0.717, 1.165) is 23.7 Å². The van der Waals surface area contributed by atoms with E-state index in [2.05, 4.69) is 82.7 Å². The number of aromatic nitrogens is 2. The molecule has 132 valence electrons. The first-order chi connectivity index (χ1) is 12.7. The molecular weight excluding hydrogens is 358 g/mol. The second-order valence-corrected chi connectivity index (χ2v) is 8.10. The Bertz CT molecular complexity index is 987. The van der Waals surface area contributed by atoms with Crippen molar-refractivity contribution in [3.05, 3.63) is 77.4 Å². The van der Waals surface area contributed by atoms with Gasteiger partial charge in [-0.2, -0.15) is 0 Å². The zero-order valence-corrected chi connectivity index (χ0v) is 16.6. The zero-order valence-electron chi connectivity index (χ0n) is 14.9. The number of thiazole rings is 1. The summed E-state index contributed by atoms with van der Waals surface area (Å²) in [6, 6.07) is 19.3. The van der Waals surface area contributed by atoms with Gasteiger partial charge in [0.15, 0.2) is 4.96 Å². The maximum Gasteiger partial charge on any atom is 0.194 e. The third-order valence-corrected chi connectivity index (χ3v) is 5.94. The largest absolute Gasteiger partial charge is 0.296 e. The molecule has 4 rings (SSSR count). The van der Waals surface area contributed by atoms with Crippen LogP contribution in [-0.2, 0) is 13.1 Å². The van der Waals surface area contributed by atoms with E-state index >= 15 is 0 Å². The summed E-state index contributed by atoms with van der Waals surface area (Å²) in [6.07, 6.45) is 4.23. The Labute approximate surface area is 162 Å². The van der Waals surface area contributed by atoms with Crippen LogP contribution in [0.4, 0.5) is 0 Å². The molecule has 0 aliphatic rings. The lowest BCUT2D eigenvalue weighted by Crippen LogP contribution is -2.18. The van der Waals surface area contributed by atoms with Crippen molar-refractivity contribution in [3.8, 4) is 11.3 Å². The summed E-state index contributed by atoms with van der Waals surface area (Å²) in [6.45, 7) is 1.77. The van der Waals surface area contributed by atoms with E-state index in [0.29, 0.717) is 0 Å². The second-order valence-electron chi connectivity index (χ2n) is 6.35. The number of hydrogen-bond acceptors (Lipinski definition) is 4. The van der Waals surface area contributed by atoms with Crippen LogP contribution < -0.4 is 0 Å². The summed E-state index contributed by atoms with van der Waals surface area (Å²) in [7, 11) is 2.17. The fourth-order valence-electron chi connectivity index (χ4n) is 3.17. The number of nitrogens with zero attached hydrogens (tertiary/aromatic N) is 3. The van der Waals surface area contributed by atoms with Gasteiger partial charge in [0.1, 0.15) is 0 Å². The number of imidazole rings is 1. The van der Waals surface area contributed by atoms with E-state index in [1.165, 1.54) is 21.7 Å². The molecule has 26 heavy (non-hydrogen) atoms. The van der Waals surface area contributed by atoms with E-state index in [1.54, 1.807) is 23.1 Å². The smallest absolute Gasteiger partial charge is 0.194 e. The van der Waals surface area contributed by atoms with Crippen LogP contribution in [0.1, 0.15) is 11.3 Å². The monoisotopic (exact) mass is 379 g/mol. The van der Waals surface area contributed by atoms with E-state index in [4.69, 9.17) is 4.98 Å². The van der Waals surface area contributed by atoms with Gasteiger partial charge in [0.05, 0.1) is 11.4 Å². The van der Waals surface area contributed by atoms with Crippen LogP contribution in [0.15, 0.2) is 71.1 Å². The maximum atomic E-state index is 4.88. The average molecular weight is 380 g/mol. The van der Waals surface area contributed by atoms with Gasteiger partial charge < -0.3 is 0 Å². The fourth-order valence-corrected chi connectivity index (χ4v) is 4.31. The van der Waals surface area contributed by atoms with Crippen molar-refractivity contribution in [2.75, 3.05) is 13.3 Å². The highest BCUT2D eigenvalue weighted by atomic mass is 32.2. The van der Waals surface area contributed by atoms with Crippen molar-refractivity contribution in [3.63, 3.8) is 0 Å². The minimum Gasteiger partial charge on any atom is -0.296 e. The molecule has 0 amide bonds. The van der Waals surface area contributed by atoms with Crippen LogP contribution in [0.5, 0.6) is 0 Å². The molecular formula is C21H21N3S2. The molecule has 3 nitrogen and oxygen atoms in total. The quantitative estimate of drug-likeness (QED) is 0.418. The molecule has 2 aromatic carbocycles. The van der Waals surface area contributed by atoms with Crippen molar-refractivity contribution < 1.29 is 0 Å². The number of thioether (sulfide) groups is 1. The lowest BCUT2D eigenvalue weighted by Gasteiger charge is -2.17. The highest BCUT2D eigenvalue weighted by Crippen LogP contribution is 2.27. The zero-order chi connectivity index (χ0) is 17.9. The highest BCUT2D eigenvalue weighted by molar-refractivity contribution is 7.98. The van der Waals surface area contributed by atoms with Crippen LogP contribution in [0.25, 0.3) is 16.2 Å². The summed E-state index contributed by atoms with van der Waals surface area (Å²) in [5.74, 6) is 0. The summed E-state index contributed by atoms with van der Waals surface area (Å²) in [5.41, 5.74) is 4.84. The molecule has 0 saturated heterocycles. The molecule has 0 atom stereocenters. The van der Waals surface area contributed by atoms with Crippen LogP contribution in [-0.4, -0.2) is 27.6 Å². The molecule has 0 aliphatic heterocycles. The Morgan fingerprint density at radius 2 is 1.81 bits per heavy atom. The van der Waals surface area contributed by atoms with Crippen molar-refractivity contribution in [1.82, 2.24) is 14.3 Å². The lowest BCUT2D eigenvalue weighted by atomic mass is 10.1. The molecule has 0 unspecified atom stereocenters. The molecule has 0 aliphatic carbocycles. The van der Waals surface area contributed by atoms with Crippen molar-refractivity contribution in [2.24, 2.45) is 0 Å². The SMILES string of the molecule is CSc1ccc(CN(C)Cc2c(-c3ccccc3)nc3sccn23)cc1. The van der Waals surface area contributed by atoms with Crippen LogP contribution in [0, 0.1) is 0 Å². The van der Waals surface area contributed by atoms with E-state index < -0.39 is 0 Å². The predicted octanol–water partition coefficient (Wildman–Crippen LogP) is 5.42.